The molecule has 0 bridgehead atoms. The molecule has 1 saturated carbocycles. The maximum atomic E-state index is 12.5. The van der Waals surface area contributed by atoms with Crippen molar-refractivity contribution in [3.05, 3.63) is 35.6 Å². The molecule has 1 heterocycles. The van der Waals surface area contributed by atoms with Crippen LogP contribution in [0.15, 0.2) is 24.3 Å². The van der Waals surface area contributed by atoms with Crippen molar-refractivity contribution in [1.29, 1.82) is 0 Å². The number of halogens is 1. The predicted molar refractivity (Wildman–Crippen MR) is 104 cm³/mol. The second-order valence-electron chi connectivity index (χ2n) is 7.95. The first-order chi connectivity index (χ1) is 12.1. The Labute approximate surface area is 157 Å². The lowest BCUT2D eigenvalue weighted by atomic mass is 10.1. The number of carbonyl (C=O) groups is 2. The predicted octanol–water partition coefficient (Wildman–Crippen LogP) is 3.62. The summed E-state index contributed by atoms with van der Waals surface area (Å²) >= 11 is 0. The maximum Gasteiger partial charge on any atom is 0.237 e. The molecule has 1 amide bonds. The Morgan fingerprint density at radius 3 is 2.15 bits per heavy atom. The van der Waals surface area contributed by atoms with E-state index in [1.807, 2.05) is 20.9 Å². The van der Waals surface area contributed by atoms with Crippen molar-refractivity contribution in [3.8, 4) is 0 Å². The number of aldehydes is 1. The molecule has 146 valence electrons. The summed E-state index contributed by atoms with van der Waals surface area (Å²) in [6.07, 6.45) is 1.91. The van der Waals surface area contributed by atoms with Crippen LogP contribution < -0.4 is 5.32 Å². The molecule has 26 heavy (non-hydrogen) atoms. The van der Waals surface area contributed by atoms with Crippen molar-refractivity contribution in [1.82, 2.24) is 10.2 Å². The molecular weight excluding hydrogens is 331 g/mol. The van der Waals surface area contributed by atoms with Crippen LogP contribution in [0.3, 0.4) is 0 Å². The minimum absolute atomic E-state index is 0.0381. The van der Waals surface area contributed by atoms with E-state index in [9.17, 15) is 14.0 Å². The van der Waals surface area contributed by atoms with Crippen LogP contribution in [0.2, 0.25) is 0 Å². The van der Waals surface area contributed by atoms with Crippen molar-refractivity contribution in [3.63, 3.8) is 0 Å². The molecule has 0 spiro atoms. The lowest BCUT2D eigenvalue weighted by Gasteiger charge is -2.33. The lowest BCUT2D eigenvalue weighted by molar-refractivity contribution is -0.128. The van der Waals surface area contributed by atoms with E-state index in [1.54, 1.807) is 12.1 Å². The lowest BCUT2D eigenvalue weighted by Crippen LogP contribution is -2.56. The summed E-state index contributed by atoms with van der Waals surface area (Å²) in [5, 5.41) is 2.88. The fourth-order valence-corrected chi connectivity index (χ4v) is 2.66. The van der Waals surface area contributed by atoms with Crippen LogP contribution in [0.25, 0.3) is 0 Å². The summed E-state index contributed by atoms with van der Waals surface area (Å²) in [7, 11) is 1.97. The molecule has 4 nitrogen and oxygen atoms in total. The van der Waals surface area contributed by atoms with E-state index < -0.39 is 0 Å². The summed E-state index contributed by atoms with van der Waals surface area (Å²) in [4.78, 5) is 23.5. The minimum atomic E-state index is -0.220. The zero-order chi connectivity index (χ0) is 19.9. The summed E-state index contributed by atoms with van der Waals surface area (Å²) in [5.41, 5.74) is 1.08. The first kappa shape index (κ1) is 22.3. The highest BCUT2D eigenvalue weighted by Crippen LogP contribution is 2.45. The number of amides is 1. The largest absolute Gasteiger partial charge is 0.351 e. The van der Waals surface area contributed by atoms with Crippen molar-refractivity contribution in [2.24, 2.45) is 11.8 Å². The maximum absolute atomic E-state index is 12.5. The second kappa shape index (κ2) is 10.4. The number of carbonyl (C=O) groups excluding carboxylic acids is 2. The summed E-state index contributed by atoms with van der Waals surface area (Å²) < 4.78 is 12.5. The smallest absolute Gasteiger partial charge is 0.237 e. The number of nitrogens with one attached hydrogen (secondary N) is 1. The van der Waals surface area contributed by atoms with Crippen molar-refractivity contribution in [2.75, 3.05) is 13.6 Å². The van der Waals surface area contributed by atoms with Gasteiger partial charge in [-0.2, -0.15) is 0 Å². The highest BCUT2D eigenvalue weighted by Gasteiger charge is 2.37. The Bertz CT molecular complexity index is 571. The summed E-state index contributed by atoms with van der Waals surface area (Å²) in [6, 6.07) is 6.72. The number of nitrogens with zero attached hydrogens (tertiary/aromatic N) is 1. The average molecular weight is 365 g/mol. The SMILES string of the molecule is CC(C)C.CC1CN(C)C(C)C(=O)N1.O=C[C@@H]1CC1c1ccc(F)cc1. The number of hydrogen-bond donors (Lipinski definition) is 1. The van der Waals surface area contributed by atoms with E-state index in [4.69, 9.17) is 0 Å². The van der Waals surface area contributed by atoms with E-state index in [1.165, 1.54) is 12.1 Å². The van der Waals surface area contributed by atoms with Crippen LogP contribution in [-0.4, -0.2) is 42.8 Å². The van der Waals surface area contributed by atoms with Crippen molar-refractivity contribution < 1.29 is 14.0 Å². The molecule has 2 aliphatic rings. The first-order valence-corrected chi connectivity index (χ1v) is 9.37. The molecule has 1 aliphatic heterocycles. The topological polar surface area (TPSA) is 49.4 Å². The Hall–Kier alpha value is -1.75. The molecule has 4 atom stereocenters. The summed E-state index contributed by atoms with van der Waals surface area (Å²) in [5.74, 6) is 1.28. The molecule has 1 N–H and O–H groups in total. The first-order valence-electron chi connectivity index (χ1n) is 9.37. The second-order valence-corrected chi connectivity index (χ2v) is 7.95. The van der Waals surface area contributed by atoms with E-state index in [0.29, 0.717) is 12.0 Å². The van der Waals surface area contributed by atoms with Gasteiger partial charge in [0.15, 0.2) is 0 Å². The molecule has 1 aromatic carbocycles. The third kappa shape index (κ3) is 7.65. The van der Waals surface area contributed by atoms with Crippen LogP contribution in [0.5, 0.6) is 0 Å². The van der Waals surface area contributed by atoms with Gasteiger partial charge < -0.3 is 10.1 Å². The average Bonchev–Trinajstić information content (AvgIpc) is 3.33. The Morgan fingerprint density at radius 2 is 1.73 bits per heavy atom. The van der Waals surface area contributed by atoms with Crippen LogP contribution in [0, 0.1) is 17.7 Å². The highest BCUT2D eigenvalue weighted by molar-refractivity contribution is 5.82. The fourth-order valence-electron chi connectivity index (χ4n) is 2.66. The summed E-state index contributed by atoms with van der Waals surface area (Å²) in [6.45, 7) is 11.4. The molecule has 1 saturated heterocycles. The third-order valence-corrected chi connectivity index (χ3v) is 4.30. The third-order valence-electron chi connectivity index (χ3n) is 4.30. The number of hydrogen-bond acceptors (Lipinski definition) is 3. The van der Waals surface area contributed by atoms with Gasteiger partial charge in [-0.1, -0.05) is 32.9 Å². The van der Waals surface area contributed by atoms with Crippen molar-refractivity contribution in [2.45, 2.75) is 59.0 Å². The number of likely N-dealkylation sites (N-methyl/N-ethyl adjacent to an activating group) is 1. The van der Waals surface area contributed by atoms with Gasteiger partial charge in [0, 0.05) is 18.5 Å². The van der Waals surface area contributed by atoms with E-state index in [0.717, 1.165) is 30.7 Å². The standard InChI is InChI=1S/C10H9FO.C7H14N2O.C4H10/c11-9-3-1-7(2-4-9)10-5-8(10)6-12;1-5-4-9(3)6(2)7(10)8-5;1-4(2)3/h1-4,6,8,10H,5H2;5-6H,4H2,1-3H3,(H,8,10);4H,1-3H3/t8-,10?;;/m0../s1. The zero-order valence-corrected chi connectivity index (χ0v) is 16.8. The molecule has 0 aromatic heterocycles. The molecular formula is C21H33FN2O2. The molecule has 1 aromatic rings. The van der Waals surface area contributed by atoms with Gasteiger partial charge in [0.25, 0.3) is 0 Å². The fraction of sp³-hybridized carbons (Fsp3) is 0.619. The van der Waals surface area contributed by atoms with E-state index >= 15 is 0 Å². The number of benzene rings is 1. The van der Waals surface area contributed by atoms with Crippen molar-refractivity contribution >= 4 is 12.2 Å². The number of rotatable bonds is 2. The van der Waals surface area contributed by atoms with Gasteiger partial charge in [-0.3, -0.25) is 9.69 Å². The van der Waals surface area contributed by atoms with Gasteiger partial charge in [0.2, 0.25) is 5.91 Å². The van der Waals surface area contributed by atoms with E-state index in [2.05, 4.69) is 31.0 Å². The van der Waals surface area contributed by atoms with Crippen LogP contribution >= 0.6 is 0 Å². The monoisotopic (exact) mass is 364 g/mol. The van der Waals surface area contributed by atoms with E-state index in [-0.39, 0.29) is 23.7 Å². The Balaban J connectivity index is 0.000000220. The van der Waals surface area contributed by atoms with Crippen LogP contribution in [0.4, 0.5) is 4.39 Å². The molecule has 0 radical (unpaired) electrons. The normalized spacial score (nSPS) is 27.5. The molecule has 3 rings (SSSR count). The van der Waals surface area contributed by atoms with Crippen LogP contribution in [-0.2, 0) is 9.59 Å². The molecule has 1 aliphatic carbocycles. The minimum Gasteiger partial charge on any atom is -0.351 e. The van der Waals surface area contributed by atoms with Gasteiger partial charge in [-0.15, -0.1) is 0 Å². The van der Waals surface area contributed by atoms with Gasteiger partial charge in [-0.05, 0) is 56.8 Å². The quantitative estimate of drug-likeness (QED) is 0.816. The van der Waals surface area contributed by atoms with Gasteiger partial charge in [-0.25, -0.2) is 4.39 Å². The number of piperazine rings is 1. The Morgan fingerprint density at radius 1 is 1.19 bits per heavy atom. The molecule has 2 fully saturated rings. The highest BCUT2D eigenvalue weighted by atomic mass is 19.1. The van der Waals surface area contributed by atoms with Gasteiger partial charge >= 0.3 is 0 Å². The van der Waals surface area contributed by atoms with Gasteiger partial charge in [0.05, 0.1) is 6.04 Å². The molecule has 3 unspecified atom stereocenters. The Kier molecular flexibility index (Phi) is 8.93. The van der Waals surface area contributed by atoms with Gasteiger partial charge in [0.1, 0.15) is 12.1 Å². The van der Waals surface area contributed by atoms with Crippen LogP contribution in [0.1, 0.15) is 52.5 Å². The zero-order valence-electron chi connectivity index (χ0n) is 16.8. The molecule has 5 heteroatoms.